The van der Waals surface area contributed by atoms with E-state index in [1.807, 2.05) is 67.0 Å². The Morgan fingerprint density at radius 3 is 2.80 bits per heavy atom. The van der Waals surface area contributed by atoms with E-state index in [-0.39, 0.29) is 5.91 Å². The van der Waals surface area contributed by atoms with Gasteiger partial charge < -0.3 is 9.88 Å². The summed E-state index contributed by atoms with van der Waals surface area (Å²) in [6.07, 6.45) is 2.71. The molecule has 0 unspecified atom stereocenters. The van der Waals surface area contributed by atoms with Crippen LogP contribution in [0.2, 0.25) is 0 Å². The van der Waals surface area contributed by atoms with Crippen LogP contribution in [0.5, 0.6) is 0 Å². The highest BCUT2D eigenvalue weighted by Gasteiger charge is 2.25. The molecule has 0 atom stereocenters. The lowest BCUT2D eigenvalue weighted by Gasteiger charge is -2.26. The second kappa shape index (κ2) is 8.99. The molecule has 7 heteroatoms. The van der Waals surface area contributed by atoms with Crippen LogP contribution in [0.4, 0.5) is 5.00 Å². The number of hydrogen-bond donors (Lipinski definition) is 1. The van der Waals surface area contributed by atoms with Crippen LogP contribution in [0, 0.1) is 11.3 Å². The molecule has 0 spiro atoms. The number of carbonyl (C=O) groups excluding carboxylic acids is 1. The molecule has 172 valence electrons. The number of nitriles is 1. The van der Waals surface area contributed by atoms with Gasteiger partial charge in [0.2, 0.25) is 0 Å². The van der Waals surface area contributed by atoms with Crippen LogP contribution < -0.4 is 5.32 Å². The van der Waals surface area contributed by atoms with Crippen molar-refractivity contribution in [2.24, 2.45) is 0 Å². The van der Waals surface area contributed by atoms with E-state index in [2.05, 4.69) is 31.9 Å². The van der Waals surface area contributed by atoms with Crippen LogP contribution in [-0.2, 0) is 19.5 Å². The first kappa shape index (κ1) is 21.5. The smallest absolute Gasteiger partial charge is 0.256 e. The predicted molar refractivity (Wildman–Crippen MR) is 140 cm³/mol. The summed E-state index contributed by atoms with van der Waals surface area (Å²) in [4.78, 5) is 21.2. The second-order valence-corrected chi connectivity index (χ2v) is 9.86. The molecule has 5 aromatic rings. The molecule has 1 amide bonds. The maximum Gasteiger partial charge on any atom is 0.256 e. The summed E-state index contributed by atoms with van der Waals surface area (Å²) in [7, 11) is 0. The zero-order valence-corrected chi connectivity index (χ0v) is 19.9. The Hall–Kier alpha value is -3.99. The third-order valence-corrected chi connectivity index (χ3v) is 7.83. The maximum absolute atomic E-state index is 13.2. The number of carbonyl (C=O) groups is 1. The van der Waals surface area contributed by atoms with Gasteiger partial charge in [-0.15, -0.1) is 11.3 Å². The lowest BCUT2D eigenvalue weighted by atomic mass is 10.0. The van der Waals surface area contributed by atoms with Gasteiger partial charge in [0.1, 0.15) is 11.1 Å². The number of para-hydroxylation sites is 2. The number of nitrogens with one attached hydrogen (secondary N) is 1. The number of amides is 1. The molecule has 1 aliphatic heterocycles. The summed E-state index contributed by atoms with van der Waals surface area (Å²) in [6, 6.07) is 24.1. The number of benzene rings is 3. The quantitative estimate of drug-likeness (QED) is 0.366. The Kier molecular flexibility index (Phi) is 5.53. The van der Waals surface area contributed by atoms with Crippen LogP contribution in [0.3, 0.4) is 0 Å². The average molecular weight is 478 g/mol. The first-order chi connectivity index (χ1) is 17.2. The van der Waals surface area contributed by atoms with E-state index in [1.165, 1.54) is 11.3 Å². The summed E-state index contributed by atoms with van der Waals surface area (Å²) in [5.41, 5.74) is 4.46. The second-order valence-electron chi connectivity index (χ2n) is 8.75. The monoisotopic (exact) mass is 477 g/mol. The molecule has 6 rings (SSSR count). The molecule has 0 saturated heterocycles. The summed E-state index contributed by atoms with van der Waals surface area (Å²) >= 11 is 1.53. The molecule has 6 nitrogen and oxygen atoms in total. The van der Waals surface area contributed by atoms with Crippen LogP contribution in [0.25, 0.3) is 21.8 Å². The minimum absolute atomic E-state index is 0.180. The van der Waals surface area contributed by atoms with Crippen molar-refractivity contribution in [1.29, 1.82) is 5.26 Å². The molecule has 0 bridgehead atoms. The largest absolute Gasteiger partial charge is 0.329 e. The molecule has 35 heavy (non-hydrogen) atoms. The topological polar surface area (TPSA) is 74.0 Å². The van der Waals surface area contributed by atoms with Crippen LogP contribution in [-0.4, -0.2) is 33.4 Å². The van der Waals surface area contributed by atoms with Gasteiger partial charge in [-0.25, -0.2) is 4.98 Å². The Morgan fingerprint density at radius 1 is 1.06 bits per heavy atom. The molecule has 0 saturated carbocycles. The number of imidazole rings is 1. The lowest BCUT2D eigenvalue weighted by molar-refractivity contribution is 0.102. The summed E-state index contributed by atoms with van der Waals surface area (Å²) in [5.74, 6) is -0.180. The summed E-state index contributed by atoms with van der Waals surface area (Å²) in [5, 5.41) is 15.5. The number of nitrogens with zero attached hydrogens (tertiary/aromatic N) is 4. The number of thiophene rings is 1. The van der Waals surface area contributed by atoms with Crippen molar-refractivity contribution in [3.05, 3.63) is 94.6 Å². The van der Waals surface area contributed by atoms with Gasteiger partial charge >= 0.3 is 0 Å². The summed E-state index contributed by atoms with van der Waals surface area (Å²) < 4.78 is 2.19. The maximum atomic E-state index is 13.2. The first-order valence-corrected chi connectivity index (χ1v) is 12.5. The SMILES string of the molecule is N#Cc1c(NC(=O)c2cccc3ccccc23)sc2c1CCN(CCn1cnc3ccccc31)C2. The van der Waals surface area contributed by atoms with Gasteiger partial charge in [0.25, 0.3) is 5.91 Å². The molecule has 0 aliphatic carbocycles. The third-order valence-electron chi connectivity index (χ3n) is 6.69. The Morgan fingerprint density at radius 2 is 1.89 bits per heavy atom. The average Bonchev–Trinajstić information content (AvgIpc) is 3.47. The van der Waals surface area contributed by atoms with Crippen molar-refractivity contribution < 1.29 is 4.79 Å². The molecule has 2 aromatic heterocycles. The number of hydrogen-bond acceptors (Lipinski definition) is 5. The van der Waals surface area contributed by atoms with Gasteiger partial charge in [0, 0.05) is 36.6 Å². The zero-order chi connectivity index (χ0) is 23.8. The van der Waals surface area contributed by atoms with Crippen LogP contribution in [0.1, 0.15) is 26.4 Å². The lowest BCUT2D eigenvalue weighted by Crippen LogP contribution is -2.32. The van der Waals surface area contributed by atoms with Crippen molar-refractivity contribution in [3.8, 4) is 6.07 Å². The standard InChI is InChI=1S/C28H23N5OS/c29-16-23-21-12-13-32(14-15-33-18-30-24-10-3-4-11-25(24)33)17-26(21)35-28(23)31-27(34)22-9-5-7-19-6-1-2-8-20(19)22/h1-11,18H,12-15,17H2,(H,31,34). The van der Waals surface area contributed by atoms with Crippen molar-refractivity contribution in [3.63, 3.8) is 0 Å². The fraction of sp³-hybridized carbons (Fsp3) is 0.179. The minimum Gasteiger partial charge on any atom is -0.329 e. The molecule has 3 heterocycles. The van der Waals surface area contributed by atoms with Gasteiger partial charge in [0.15, 0.2) is 0 Å². The molecule has 0 fully saturated rings. The van der Waals surface area contributed by atoms with Gasteiger partial charge in [-0.05, 0) is 41.0 Å². The molecule has 3 aromatic carbocycles. The van der Waals surface area contributed by atoms with Crippen molar-refractivity contribution >= 4 is 44.1 Å². The zero-order valence-electron chi connectivity index (χ0n) is 19.1. The molecule has 0 radical (unpaired) electrons. The minimum atomic E-state index is -0.180. The molecule has 1 N–H and O–H groups in total. The Labute approximate surface area is 207 Å². The van der Waals surface area contributed by atoms with Gasteiger partial charge in [-0.3, -0.25) is 9.69 Å². The molecular formula is C28H23N5OS. The van der Waals surface area contributed by atoms with Gasteiger partial charge in [0.05, 0.1) is 22.9 Å². The van der Waals surface area contributed by atoms with Gasteiger partial charge in [-0.1, -0.05) is 48.5 Å². The van der Waals surface area contributed by atoms with Crippen molar-refractivity contribution in [2.75, 3.05) is 18.4 Å². The van der Waals surface area contributed by atoms with E-state index in [0.717, 1.165) is 64.8 Å². The molecule has 1 aliphatic rings. The van der Waals surface area contributed by atoms with E-state index in [1.54, 1.807) is 0 Å². The first-order valence-electron chi connectivity index (χ1n) is 11.7. The molecular weight excluding hydrogens is 454 g/mol. The van der Waals surface area contributed by atoms with Crippen LogP contribution in [0.15, 0.2) is 73.1 Å². The Balaban J connectivity index is 1.20. The number of anilines is 1. The van der Waals surface area contributed by atoms with E-state index in [0.29, 0.717) is 16.1 Å². The van der Waals surface area contributed by atoms with Crippen molar-refractivity contribution in [1.82, 2.24) is 14.5 Å². The summed E-state index contributed by atoms with van der Waals surface area (Å²) in [6.45, 7) is 3.43. The number of aromatic nitrogens is 2. The van der Waals surface area contributed by atoms with E-state index < -0.39 is 0 Å². The third kappa shape index (κ3) is 3.97. The van der Waals surface area contributed by atoms with E-state index >= 15 is 0 Å². The van der Waals surface area contributed by atoms with Crippen LogP contribution >= 0.6 is 11.3 Å². The highest BCUT2D eigenvalue weighted by Crippen LogP contribution is 2.37. The number of fused-ring (bicyclic) bond motifs is 3. The fourth-order valence-corrected chi connectivity index (χ4v) is 6.12. The normalized spacial score (nSPS) is 13.6. The highest BCUT2D eigenvalue weighted by molar-refractivity contribution is 7.16. The highest BCUT2D eigenvalue weighted by atomic mass is 32.1. The van der Waals surface area contributed by atoms with E-state index in [4.69, 9.17) is 0 Å². The Bertz CT molecular complexity index is 1600. The van der Waals surface area contributed by atoms with Gasteiger partial charge in [-0.2, -0.15) is 5.26 Å². The van der Waals surface area contributed by atoms with Crippen molar-refractivity contribution in [2.45, 2.75) is 19.5 Å². The fourth-order valence-electron chi connectivity index (χ4n) is 4.89. The van der Waals surface area contributed by atoms with E-state index in [9.17, 15) is 10.1 Å². The predicted octanol–water partition coefficient (Wildman–Crippen LogP) is 5.43. The number of rotatable bonds is 5.